The molecule has 0 aliphatic heterocycles. The maximum atomic E-state index is 13.4. The van der Waals surface area contributed by atoms with Crippen molar-refractivity contribution in [2.75, 3.05) is 27.9 Å². The zero-order chi connectivity index (χ0) is 20.7. The van der Waals surface area contributed by atoms with E-state index in [4.69, 9.17) is 19.9 Å². The van der Waals surface area contributed by atoms with Crippen molar-refractivity contribution in [1.82, 2.24) is 4.57 Å². The van der Waals surface area contributed by atoms with Gasteiger partial charge in [-0.25, -0.2) is 0 Å². The average molecular weight is 394 g/mol. The Bertz CT molecular complexity index is 1200. The van der Waals surface area contributed by atoms with E-state index < -0.39 is 0 Å². The molecular formula is C22H22N2O5. The van der Waals surface area contributed by atoms with Crippen LogP contribution < -0.4 is 25.5 Å². The van der Waals surface area contributed by atoms with Gasteiger partial charge in [0.2, 0.25) is 0 Å². The van der Waals surface area contributed by atoms with Gasteiger partial charge in [0, 0.05) is 23.1 Å². The summed E-state index contributed by atoms with van der Waals surface area (Å²) in [6.45, 7) is 0.856. The van der Waals surface area contributed by atoms with Crippen LogP contribution in [0.15, 0.2) is 35.1 Å². The van der Waals surface area contributed by atoms with E-state index in [2.05, 4.69) is 0 Å². The summed E-state index contributed by atoms with van der Waals surface area (Å²) in [7, 11) is 4.59. The Balaban J connectivity index is 2.13. The standard InChI is InChI=1S/C22H22N2O5/c1-27-12-5-6-13-15(9-12)21(25)19-14-10-17(28-2)18(29-3)11-16(14)22(26)24(20(13)19)8-4-7-23/h5-6,9-11H,4,7-8,23H2,1-3H3. The van der Waals surface area contributed by atoms with Crippen LogP contribution >= 0.6 is 0 Å². The van der Waals surface area contributed by atoms with Gasteiger partial charge < -0.3 is 24.5 Å². The molecule has 7 heteroatoms. The van der Waals surface area contributed by atoms with Gasteiger partial charge in [0.15, 0.2) is 17.3 Å². The monoisotopic (exact) mass is 394 g/mol. The number of methoxy groups -OCH3 is 3. The van der Waals surface area contributed by atoms with E-state index in [1.165, 1.54) is 14.2 Å². The molecule has 0 spiro atoms. The molecule has 0 atom stereocenters. The van der Waals surface area contributed by atoms with Gasteiger partial charge in [-0.2, -0.15) is 0 Å². The number of hydrogen-bond donors (Lipinski definition) is 1. The quantitative estimate of drug-likeness (QED) is 0.540. The molecule has 0 saturated carbocycles. The van der Waals surface area contributed by atoms with E-state index in [1.807, 2.05) is 6.07 Å². The number of fused-ring (bicyclic) bond motifs is 5. The number of aromatic nitrogens is 1. The third kappa shape index (κ3) is 2.77. The summed E-state index contributed by atoms with van der Waals surface area (Å²) < 4.78 is 17.7. The van der Waals surface area contributed by atoms with Gasteiger partial charge in [0.25, 0.3) is 5.56 Å². The van der Waals surface area contributed by atoms with Gasteiger partial charge in [-0.05, 0) is 43.3 Å². The molecule has 4 rings (SSSR count). The third-order valence-corrected chi connectivity index (χ3v) is 5.31. The number of pyridine rings is 1. The van der Waals surface area contributed by atoms with Gasteiger partial charge in [0.05, 0.1) is 38.0 Å². The summed E-state index contributed by atoms with van der Waals surface area (Å²) in [5, 5.41) is 0.957. The largest absolute Gasteiger partial charge is 0.497 e. The van der Waals surface area contributed by atoms with Gasteiger partial charge in [-0.15, -0.1) is 0 Å². The number of benzene rings is 2. The molecule has 0 saturated heterocycles. The number of ketones is 1. The van der Waals surface area contributed by atoms with E-state index >= 15 is 0 Å². The number of nitrogens with two attached hydrogens (primary N) is 1. The van der Waals surface area contributed by atoms with Crippen LogP contribution in [0.25, 0.3) is 22.0 Å². The fraction of sp³-hybridized carbons (Fsp3) is 0.273. The highest BCUT2D eigenvalue weighted by molar-refractivity contribution is 6.27. The summed E-state index contributed by atoms with van der Waals surface area (Å²) in [5.41, 5.74) is 7.84. The van der Waals surface area contributed by atoms with Crippen LogP contribution in [-0.2, 0) is 6.54 Å². The predicted octanol–water partition coefficient (Wildman–Crippen LogP) is 2.59. The average Bonchev–Trinajstić information content (AvgIpc) is 3.04. The minimum Gasteiger partial charge on any atom is -0.497 e. The molecule has 1 aliphatic rings. The zero-order valence-corrected chi connectivity index (χ0v) is 16.6. The molecular weight excluding hydrogens is 372 g/mol. The molecule has 0 unspecified atom stereocenters. The second-order valence-electron chi connectivity index (χ2n) is 6.82. The highest BCUT2D eigenvalue weighted by atomic mass is 16.5. The minimum atomic E-state index is -0.190. The van der Waals surface area contributed by atoms with E-state index in [-0.39, 0.29) is 11.3 Å². The first-order valence-electron chi connectivity index (χ1n) is 9.31. The van der Waals surface area contributed by atoms with Gasteiger partial charge in [0.1, 0.15) is 5.75 Å². The number of ether oxygens (including phenoxy) is 3. The van der Waals surface area contributed by atoms with E-state index in [0.29, 0.717) is 64.4 Å². The van der Waals surface area contributed by atoms with Crippen LogP contribution in [0.1, 0.15) is 22.3 Å². The molecule has 0 amide bonds. The predicted molar refractivity (Wildman–Crippen MR) is 110 cm³/mol. The molecule has 2 aromatic carbocycles. The fourth-order valence-corrected chi connectivity index (χ4v) is 3.92. The highest BCUT2D eigenvalue weighted by Crippen LogP contribution is 2.43. The lowest BCUT2D eigenvalue weighted by Gasteiger charge is -2.16. The van der Waals surface area contributed by atoms with Crippen LogP contribution in [0, 0.1) is 0 Å². The normalized spacial score (nSPS) is 12.1. The maximum absolute atomic E-state index is 13.4. The zero-order valence-electron chi connectivity index (χ0n) is 16.6. The van der Waals surface area contributed by atoms with E-state index in [1.54, 1.807) is 35.9 Å². The molecule has 150 valence electrons. The molecule has 1 aliphatic carbocycles. The second kappa shape index (κ2) is 7.25. The minimum absolute atomic E-state index is 0.146. The lowest BCUT2D eigenvalue weighted by molar-refractivity contribution is 0.104. The van der Waals surface area contributed by atoms with Crippen molar-refractivity contribution in [3.8, 4) is 28.5 Å². The Morgan fingerprint density at radius 2 is 1.59 bits per heavy atom. The Hall–Kier alpha value is -3.32. The molecule has 29 heavy (non-hydrogen) atoms. The van der Waals surface area contributed by atoms with Crippen molar-refractivity contribution in [1.29, 1.82) is 0 Å². The van der Waals surface area contributed by atoms with Crippen LogP contribution in [0.5, 0.6) is 17.2 Å². The molecule has 3 aromatic rings. The van der Waals surface area contributed by atoms with Gasteiger partial charge in [-0.3, -0.25) is 9.59 Å². The maximum Gasteiger partial charge on any atom is 0.259 e. The van der Waals surface area contributed by atoms with Crippen LogP contribution in [0.2, 0.25) is 0 Å². The van der Waals surface area contributed by atoms with Crippen LogP contribution in [0.4, 0.5) is 0 Å². The first-order chi connectivity index (χ1) is 14.0. The Morgan fingerprint density at radius 3 is 2.21 bits per heavy atom. The smallest absolute Gasteiger partial charge is 0.259 e. The van der Waals surface area contributed by atoms with Crippen LogP contribution in [-0.4, -0.2) is 38.2 Å². The summed E-state index contributed by atoms with van der Waals surface area (Å²) in [6.07, 6.45) is 0.616. The fourth-order valence-electron chi connectivity index (χ4n) is 3.92. The van der Waals surface area contributed by atoms with E-state index in [0.717, 1.165) is 5.56 Å². The van der Waals surface area contributed by atoms with Crippen molar-refractivity contribution < 1.29 is 19.0 Å². The molecule has 2 N–H and O–H groups in total. The SMILES string of the molecule is COc1ccc2c(c1)C(=O)c1c-2n(CCCN)c(=O)c2cc(OC)c(OC)cc12. The molecule has 7 nitrogen and oxygen atoms in total. The number of hydrogen-bond acceptors (Lipinski definition) is 6. The van der Waals surface area contributed by atoms with Crippen LogP contribution in [0.3, 0.4) is 0 Å². The summed E-state index contributed by atoms with van der Waals surface area (Å²) in [5.74, 6) is 1.34. The van der Waals surface area contributed by atoms with Crippen molar-refractivity contribution in [2.24, 2.45) is 5.73 Å². The molecule has 0 radical (unpaired) electrons. The summed E-state index contributed by atoms with van der Waals surface area (Å²) >= 11 is 0. The lowest BCUT2D eigenvalue weighted by atomic mass is 10.0. The van der Waals surface area contributed by atoms with Gasteiger partial charge >= 0.3 is 0 Å². The highest BCUT2D eigenvalue weighted by Gasteiger charge is 2.33. The summed E-state index contributed by atoms with van der Waals surface area (Å²) in [4.78, 5) is 26.8. The summed E-state index contributed by atoms with van der Waals surface area (Å²) in [6, 6.07) is 8.65. The number of carbonyl (C=O) groups is 1. The van der Waals surface area contributed by atoms with Crippen molar-refractivity contribution >= 4 is 16.6 Å². The third-order valence-electron chi connectivity index (χ3n) is 5.31. The number of carbonyl (C=O) groups excluding carboxylic acids is 1. The number of nitrogens with zero attached hydrogens (tertiary/aromatic N) is 1. The molecule has 1 aromatic heterocycles. The second-order valence-corrected chi connectivity index (χ2v) is 6.82. The first-order valence-corrected chi connectivity index (χ1v) is 9.31. The van der Waals surface area contributed by atoms with E-state index in [9.17, 15) is 9.59 Å². The molecule has 0 bridgehead atoms. The van der Waals surface area contributed by atoms with Crippen molar-refractivity contribution in [3.05, 3.63) is 51.8 Å². The Labute approximate surface area is 167 Å². The van der Waals surface area contributed by atoms with Crippen molar-refractivity contribution in [2.45, 2.75) is 13.0 Å². The Morgan fingerprint density at radius 1 is 0.897 bits per heavy atom. The molecule has 1 heterocycles. The topological polar surface area (TPSA) is 92.8 Å². The van der Waals surface area contributed by atoms with Crippen molar-refractivity contribution in [3.63, 3.8) is 0 Å². The lowest BCUT2D eigenvalue weighted by Crippen LogP contribution is -2.24. The number of rotatable bonds is 6. The molecule has 0 fully saturated rings. The Kier molecular flexibility index (Phi) is 4.76. The van der Waals surface area contributed by atoms with Gasteiger partial charge in [-0.1, -0.05) is 0 Å². The first kappa shape index (κ1) is 19.0.